The Labute approximate surface area is 148 Å². The number of nitrogen functional groups attached to an aromatic ring is 1. The van der Waals surface area contributed by atoms with Crippen LogP contribution in [0.1, 0.15) is 30.6 Å². The SMILES string of the molecule is COc1cc(N)c(Cl)cc1C(=O)NN1CCN(CCC(C)C)CC1. The summed E-state index contributed by atoms with van der Waals surface area (Å²) in [5.41, 5.74) is 9.47. The van der Waals surface area contributed by atoms with Crippen LogP contribution in [-0.2, 0) is 0 Å². The molecule has 1 saturated heterocycles. The van der Waals surface area contributed by atoms with Crippen molar-refractivity contribution in [2.24, 2.45) is 5.92 Å². The highest BCUT2D eigenvalue weighted by Gasteiger charge is 2.21. The van der Waals surface area contributed by atoms with E-state index in [0.717, 1.165) is 32.7 Å². The number of nitrogens with two attached hydrogens (primary N) is 1. The third-order valence-electron chi connectivity index (χ3n) is 4.22. The summed E-state index contributed by atoms with van der Waals surface area (Å²) >= 11 is 6.03. The number of amides is 1. The Balaban J connectivity index is 1.91. The van der Waals surface area contributed by atoms with Gasteiger partial charge in [0, 0.05) is 32.2 Å². The van der Waals surface area contributed by atoms with Gasteiger partial charge in [-0.05, 0) is 24.9 Å². The maximum Gasteiger partial charge on any atom is 0.269 e. The van der Waals surface area contributed by atoms with E-state index in [1.165, 1.54) is 13.5 Å². The lowest BCUT2D eigenvalue weighted by atomic mass is 10.1. The van der Waals surface area contributed by atoms with Gasteiger partial charge in [0.05, 0.1) is 23.4 Å². The summed E-state index contributed by atoms with van der Waals surface area (Å²) in [5, 5.41) is 2.29. The van der Waals surface area contributed by atoms with Crippen LogP contribution >= 0.6 is 11.6 Å². The van der Waals surface area contributed by atoms with Crippen LogP contribution < -0.4 is 15.9 Å². The number of benzene rings is 1. The smallest absolute Gasteiger partial charge is 0.269 e. The molecule has 24 heavy (non-hydrogen) atoms. The van der Waals surface area contributed by atoms with Gasteiger partial charge in [-0.3, -0.25) is 10.2 Å². The first-order chi connectivity index (χ1) is 11.4. The average Bonchev–Trinajstić information content (AvgIpc) is 2.56. The van der Waals surface area contributed by atoms with E-state index in [0.29, 0.717) is 27.9 Å². The molecule has 0 aromatic heterocycles. The normalized spacial score (nSPS) is 16.4. The fourth-order valence-corrected chi connectivity index (χ4v) is 2.81. The summed E-state index contributed by atoms with van der Waals surface area (Å²) in [6, 6.07) is 3.12. The van der Waals surface area contributed by atoms with E-state index in [4.69, 9.17) is 22.1 Å². The zero-order chi connectivity index (χ0) is 17.7. The highest BCUT2D eigenvalue weighted by molar-refractivity contribution is 6.33. The van der Waals surface area contributed by atoms with Gasteiger partial charge >= 0.3 is 0 Å². The number of hydrogen-bond donors (Lipinski definition) is 2. The molecular formula is C17H27ClN4O2. The Kier molecular flexibility index (Phi) is 6.71. The number of rotatable bonds is 6. The van der Waals surface area contributed by atoms with Crippen molar-refractivity contribution in [3.05, 3.63) is 22.7 Å². The van der Waals surface area contributed by atoms with Gasteiger partial charge in [-0.2, -0.15) is 0 Å². The molecule has 0 unspecified atom stereocenters. The number of methoxy groups -OCH3 is 1. The van der Waals surface area contributed by atoms with E-state index in [9.17, 15) is 4.79 Å². The summed E-state index contributed by atoms with van der Waals surface area (Å²) < 4.78 is 5.24. The minimum Gasteiger partial charge on any atom is -0.496 e. The molecular weight excluding hydrogens is 328 g/mol. The van der Waals surface area contributed by atoms with Crippen LogP contribution in [0, 0.1) is 5.92 Å². The maximum absolute atomic E-state index is 12.5. The highest BCUT2D eigenvalue weighted by Crippen LogP contribution is 2.28. The molecule has 1 aromatic carbocycles. The summed E-state index contributed by atoms with van der Waals surface area (Å²) in [5.74, 6) is 0.903. The number of ether oxygens (including phenoxy) is 1. The van der Waals surface area contributed by atoms with Gasteiger partial charge in [0.15, 0.2) is 0 Å². The first-order valence-corrected chi connectivity index (χ1v) is 8.69. The van der Waals surface area contributed by atoms with E-state index in [1.807, 2.05) is 5.01 Å². The monoisotopic (exact) mass is 354 g/mol. The van der Waals surface area contributed by atoms with Gasteiger partial charge in [0.25, 0.3) is 5.91 Å². The number of hydrogen-bond acceptors (Lipinski definition) is 5. The van der Waals surface area contributed by atoms with Crippen molar-refractivity contribution in [3.63, 3.8) is 0 Å². The zero-order valence-corrected chi connectivity index (χ0v) is 15.4. The van der Waals surface area contributed by atoms with Crippen molar-refractivity contribution in [2.75, 3.05) is 45.6 Å². The molecule has 0 bridgehead atoms. The summed E-state index contributed by atoms with van der Waals surface area (Å²) in [7, 11) is 1.51. The Bertz CT molecular complexity index is 572. The van der Waals surface area contributed by atoms with Crippen LogP contribution in [0.5, 0.6) is 5.75 Å². The molecule has 1 amide bonds. The molecule has 0 atom stereocenters. The van der Waals surface area contributed by atoms with Crippen molar-refractivity contribution in [1.29, 1.82) is 0 Å². The molecule has 0 aliphatic carbocycles. The quantitative estimate of drug-likeness (QED) is 0.767. The Morgan fingerprint density at radius 1 is 1.33 bits per heavy atom. The molecule has 0 spiro atoms. The molecule has 1 aromatic rings. The molecule has 3 N–H and O–H groups in total. The third kappa shape index (κ3) is 5.00. The summed E-state index contributed by atoms with van der Waals surface area (Å²) in [6.07, 6.45) is 1.20. The van der Waals surface area contributed by atoms with Crippen LogP contribution in [-0.4, -0.2) is 55.6 Å². The number of hydrazine groups is 1. The first kappa shape index (κ1) is 18.8. The van der Waals surface area contributed by atoms with Crippen LogP contribution in [0.4, 0.5) is 5.69 Å². The van der Waals surface area contributed by atoms with Crippen molar-refractivity contribution >= 4 is 23.2 Å². The minimum absolute atomic E-state index is 0.232. The lowest BCUT2D eigenvalue weighted by Gasteiger charge is -2.35. The van der Waals surface area contributed by atoms with E-state index in [2.05, 4.69) is 24.2 Å². The number of anilines is 1. The van der Waals surface area contributed by atoms with Crippen molar-refractivity contribution in [3.8, 4) is 5.75 Å². The lowest BCUT2D eigenvalue weighted by Crippen LogP contribution is -2.53. The molecule has 6 nitrogen and oxygen atoms in total. The topological polar surface area (TPSA) is 70.8 Å². The number of piperazine rings is 1. The molecule has 2 rings (SSSR count). The largest absolute Gasteiger partial charge is 0.496 e. The van der Waals surface area contributed by atoms with Crippen LogP contribution in [0.15, 0.2) is 12.1 Å². The van der Waals surface area contributed by atoms with Gasteiger partial charge in [0.2, 0.25) is 0 Å². The molecule has 0 saturated carbocycles. The lowest BCUT2D eigenvalue weighted by molar-refractivity contribution is 0.0609. The van der Waals surface area contributed by atoms with Crippen molar-refractivity contribution in [1.82, 2.24) is 15.3 Å². The van der Waals surface area contributed by atoms with Crippen molar-refractivity contribution < 1.29 is 9.53 Å². The number of nitrogens with one attached hydrogen (secondary N) is 1. The van der Waals surface area contributed by atoms with Gasteiger partial charge in [-0.25, -0.2) is 5.01 Å². The van der Waals surface area contributed by atoms with Crippen LogP contribution in [0.25, 0.3) is 0 Å². The van der Waals surface area contributed by atoms with Crippen LogP contribution in [0.2, 0.25) is 5.02 Å². The molecule has 1 fully saturated rings. The zero-order valence-electron chi connectivity index (χ0n) is 14.6. The predicted molar refractivity (Wildman–Crippen MR) is 97.4 cm³/mol. The Morgan fingerprint density at radius 3 is 2.58 bits per heavy atom. The number of nitrogens with zero attached hydrogens (tertiary/aromatic N) is 2. The van der Waals surface area contributed by atoms with Crippen molar-refractivity contribution in [2.45, 2.75) is 20.3 Å². The Hall–Kier alpha value is -1.50. The average molecular weight is 355 g/mol. The van der Waals surface area contributed by atoms with E-state index in [1.54, 1.807) is 12.1 Å². The van der Waals surface area contributed by atoms with E-state index < -0.39 is 0 Å². The molecule has 1 aliphatic rings. The third-order valence-corrected chi connectivity index (χ3v) is 4.55. The second-order valence-corrected chi connectivity index (χ2v) is 6.93. The van der Waals surface area contributed by atoms with E-state index in [-0.39, 0.29) is 5.91 Å². The standard InChI is InChI=1S/C17H27ClN4O2/c1-12(2)4-5-21-6-8-22(9-7-21)20-17(23)13-10-14(18)15(19)11-16(13)24-3/h10-12H,4-9,19H2,1-3H3,(H,20,23). The van der Waals surface area contributed by atoms with Gasteiger partial charge in [-0.1, -0.05) is 25.4 Å². The molecule has 1 aliphatic heterocycles. The molecule has 7 heteroatoms. The molecule has 0 radical (unpaired) electrons. The fourth-order valence-electron chi connectivity index (χ4n) is 2.64. The minimum atomic E-state index is -0.232. The Morgan fingerprint density at radius 2 is 2.00 bits per heavy atom. The second kappa shape index (κ2) is 8.55. The van der Waals surface area contributed by atoms with Gasteiger partial charge in [-0.15, -0.1) is 0 Å². The number of carbonyl (C=O) groups excluding carboxylic acids is 1. The highest BCUT2D eigenvalue weighted by atomic mass is 35.5. The summed E-state index contributed by atoms with van der Waals surface area (Å²) in [4.78, 5) is 14.9. The predicted octanol–water partition coefficient (Wildman–Crippen LogP) is 2.24. The second-order valence-electron chi connectivity index (χ2n) is 6.53. The van der Waals surface area contributed by atoms with Crippen LogP contribution in [0.3, 0.4) is 0 Å². The fraction of sp³-hybridized carbons (Fsp3) is 0.588. The van der Waals surface area contributed by atoms with E-state index >= 15 is 0 Å². The first-order valence-electron chi connectivity index (χ1n) is 8.32. The number of halogens is 1. The maximum atomic E-state index is 12.5. The number of carbonyl (C=O) groups is 1. The molecule has 1 heterocycles. The van der Waals surface area contributed by atoms with Gasteiger partial charge < -0.3 is 15.4 Å². The summed E-state index contributed by atoms with van der Waals surface area (Å²) in [6.45, 7) is 9.09. The van der Waals surface area contributed by atoms with Gasteiger partial charge in [0.1, 0.15) is 5.75 Å². The molecule has 134 valence electrons.